The van der Waals surface area contributed by atoms with Crippen LogP contribution >= 0.6 is 0 Å². The Morgan fingerprint density at radius 2 is 1.83 bits per heavy atom. The van der Waals surface area contributed by atoms with Crippen molar-refractivity contribution < 1.29 is 23.1 Å². The summed E-state index contributed by atoms with van der Waals surface area (Å²) in [6.07, 6.45) is -4.66. The van der Waals surface area contributed by atoms with Crippen molar-refractivity contribution in [3.8, 4) is 0 Å². The Morgan fingerprint density at radius 1 is 1.42 bits per heavy atom. The maximum absolute atomic E-state index is 11.9. The molecule has 0 aliphatic carbocycles. The van der Waals surface area contributed by atoms with Crippen molar-refractivity contribution in [2.24, 2.45) is 0 Å². The molecule has 0 radical (unpaired) electrons. The van der Waals surface area contributed by atoms with Crippen LogP contribution < -0.4 is 0 Å². The van der Waals surface area contributed by atoms with Crippen LogP contribution in [0.15, 0.2) is 11.1 Å². The Hall–Kier alpha value is -1.00. The van der Waals surface area contributed by atoms with Crippen molar-refractivity contribution in [1.82, 2.24) is 0 Å². The fraction of sp³-hybridized carbons (Fsp3) is 0.571. The molecule has 0 bridgehead atoms. The number of rotatable bonds is 2. The SMILES string of the molecule is CC/C(C(=O)O)=C(\C)C(F)(F)F. The molecule has 0 saturated carbocycles. The Balaban J connectivity index is 4.99. The van der Waals surface area contributed by atoms with Gasteiger partial charge in [-0.25, -0.2) is 4.79 Å². The lowest BCUT2D eigenvalue weighted by atomic mass is 10.1. The average Bonchev–Trinajstić information content (AvgIpc) is 1.86. The highest BCUT2D eigenvalue weighted by atomic mass is 19.4. The second-order valence-corrected chi connectivity index (χ2v) is 2.26. The van der Waals surface area contributed by atoms with E-state index >= 15 is 0 Å². The van der Waals surface area contributed by atoms with Crippen LogP contribution in [0.5, 0.6) is 0 Å². The Morgan fingerprint density at radius 3 is 1.92 bits per heavy atom. The first-order valence-electron chi connectivity index (χ1n) is 3.31. The summed E-state index contributed by atoms with van der Waals surface area (Å²) in [4.78, 5) is 10.3. The summed E-state index contributed by atoms with van der Waals surface area (Å²) < 4.78 is 35.8. The maximum atomic E-state index is 11.9. The van der Waals surface area contributed by atoms with Gasteiger partial charge in [-0.1, -0.05) is 6.92 Å². The van der Waals surface area contributed by atoms with E-state index in [-0.39, 0.29) is 6.42 Å². The minimum absolute atomic E-state index is 0.124. The number of carboxylic acids is 1. The van der Waals surface area contributed by atoms with Crippen molar-refractivity contribution in [1.29, 1.82) is 0 Å². The van der Waals surface area contributed by atoms with Gasteiger partial charge in [0.2, 0.25) is 0 Å². The highest BCUT2D eigenvalue weighted by molar-refractivity contribution is 5.87. The fourth-order valence-corrected chi connectivity index (χ4v) is 0.748. The molecule has 0 aliphatic heterocycles. The van der Waals surface area contributed by atoms with Crippen LogP contribution in [0.1, 0.15) is 20.3 Å². The molecule has 0 atom stereocenters. The van der Waals surface area contributed by atoms with E-state index in [9.17, 15) is 18.0 Å². The van der Waals surface area contributed by atoms with Crippen molar-refractivity contribution in [3.63, 3.8) is 0 Å². The predicted molar refractivity (Wildman–Crippen MR) is 36.7 cm³/mol. The molecule has 2 nitrogen and oxygen atoms in total. The van der Waals surface area contributed by atoms with Gasteiger partial charge in [-0.15, -0.1) is 0 Å². The van der Waals surface area contributed by atoms with E-state index in [2.05, 4.69) is 0 Å². The monoisotopic (exact) mass is 182 g/mol. The smallest absolute Gasteiger partial charge is 0.412 e. The van der Waals surface area contributed by atoms with Gasteiger partial charge >= 0.3 is 12.1 Å². The third-order valence-corrected chi connectivity index (χ3v) is 1.49. The molecule has 12 heavy (non-hydrogen) atoms. The molecule has 0 rings (SSSR count). The van der Waals surface area contributed by atoms with Crippen LogP contribution in [-0.2, 0) is 4.79 Å². The average molecular weight is 182 g/mol. The summed E-state index contributed by atoms with van der Waals surface area (Å²) in [6.45, 7) is 2.14. The highest BCUT2D eigenvalue weighted by Crippen LogP contribution is 2.28. The molecule has 0 unspecified atom stereocenters. The molecule has 0 amide bonds. The van der Waals surface area contributed by atoms with Gasteiger partial charge in [-0.3, -0.25) is 0 Å². The highest BCUT2D eigenvalue weighted by Gasteiger charge is 2.33. The van der Waals surface area contributed by atoms with Crippen LogP contribution in [0.3, 0.4) is 0 Å². The lowest BCUT2D eigenvalue weighted by Crippen LogP contribution is -2.15. The molecule has 0 saturated heterocycles. The molecule has 5 heteroatoms. The van der Waals surface area contributed by atoms with Gasteiger partial charge in [-0.05, 0) is 13.3 Å². The van der Waals surface area contributed by atoms with E-state index in [1.165, 1.54) is 6.92 Å². The lowest BCUT2D eigenvalue weighted by Gasteiger charge is -2.09. The zero-order valence-corrected chi connectivity index (χ0v) is 6.70. The summed E-state index contributed by atoms with van der Waals surface area (Å²) >= 11 is 0. The van der Waals surface area contributed by atoms with Gasteiger partial charge in [0, 0.05) is 11.1 Å². The first-order valence-corrected chi connectivity index (χ1v) is 3.31. The van der Waals surface area contributed by atoms with Crippen LogP contribution in [0.4, 0.5) is 13.2 Å². The number of alkyl halides is 3. The standard InChI is InChI=1S/C7H9F3O2/c1-3-5(6(11)12)4(2)7(8,9)10/h3H2,1-2H3,(H,11,12)/b5-4-. The fourth-order valence-electron chi connectivity index (χ4n) is 0.748. The number of hydrogen-bond donors (Lipinski definition) is 1. The molecule has 0 aromatic carbocycles. The van der Waals surface area contributed by atoms with Gasteiger partial charge in [0.15, 0.2) is 0 Å². The summed E-state index contributed by atoms with van der Waals surface area (Å²) in [6, 6.07) is 0. The number of halogens is 3. The second-order valence-electron chi connectivity index (χ2n) is 2.26. The van der Waals surface area contributed by atoms with Crippen LogP contribution in [0.25, 0.3) is 0 Å². The lowest BCUT2D eigenvalue weighted by molar-refractivity contribution is -0.134. The molecule has 0 spiro atoms. The summed E-state index contributed by atoms with van der Waals surface area (Å²) in [5.41, 5.74) is -1.61. The molecule has 0 heterocycles. The Bertz CT molecular complexity index is 215. The van der Waals surface area contributed by atoms with Gasteiger partial charge in [0.25, 0.3) is 0 Å². The normalized spacial score (nSPS) is 14.1. The number of hydrogen-bond acceptors (Lipinski definition) is 1. The van der Waals surface area contributed by atoms with Crippen molar-refractivity contribution in [2.45, 2.75) is 26.4 Å². The van der Waals surface area contributed by atoms with Crippen molar-refractivity contribution >= 4 is 5.97 Å². The van der Waals surface area contributed by atoms with Gasteiger partial charge in [0.1, 0.15) is 0 Å². The topological polar surface area (TPSA) is 37.3 Å². The number of carboxylic acid groups (broad SMARTS) is 1. The molecule has 0 fully saturated rings. The van der Waals surface area contributed by atoms with Gasteiger partial charge in [-0.2, -0.15) is 13.2 Å². The van der Waals surface area contributed by atoms with Gasteiger partial charge in [0.05, 0.1) is 0 Å². The van der Waals surface area contributed by atoms with E-state index in [4.69, 9.17) is 5.11 Å². The largest absolute Gasteiger partial charge is 0.478 e. The van der Waals surface area contributed by atoms with Crippen molar-refractivity contribution in [2.75, 3.05) is 0 Å². The molecule has 1 N–H and O–H groups in total. The molecule has 0 aromatic heterocycles. The second kappa shape index (κ2) is 3.60. The number of carbonyl (C=O) groups is 1. The maximum Gasteiger partial charge on any atom is 0.412 e. The zero-order chi connectivity index (χ0) is 9.94. The predicted octanol–water partition coefficient (Wildman–Crippen LogP) is 2.36. The molecule has 0 aliphatic rings. The van der Waals surface area contributed by atoms with E-state index in [0.717, 1.165) is 6.92 Å². The van der Waals surface area contributed by atoms with Crippen LogP contribution in [-0.4, -0.2) is 17.3 Å². The van der Waals surface area contributed by atoms with E-state index in [1.54, 1.807) is 0 Å². The quantitative estimate of drug-likeness (QED) is 0.665. The van der Waals surface area contributed by atoms with E-state index in [1.807, 2.05) is 0 Å². The minimum atomic E-state index is -4.54. The number of allylic oxidation sites excluding steroid dienone is 1. The van der Waals surface area contributed by atoms with E-state index < -0.39 is 23.3 Å². The third kappa shape index (κ3) is 2.56. The Labute approximate surface area is 67.7 Å². The summed E-state index contributed by atoms with van der Waals surface area (Å²) in [5.74, 6) is -1.51. The first kappa shape index (κ1) is 11.0. The zero-order valence-electron chi connectivity index (χ0n) is 6.70. The molecular weight excluding hydrogens is 173 g/mol. The summed E-state index contributed by atoms with van der Waals surface area (Å²) in [7, 11) is 0. The van der Waals surface area contributed by atoms with E-state index in [0.29, 0.717) is 0 Å². The third-order valence-electron chi connectivity index (χ3n) is 1.49. The van der Waals surface area contributed by atoms with Gasteiger partial charge < -0.3 is 5.11 Å². The molecule has 0 aromatic rings. The number of aliphatic carboxylic acids is 1. The van der Waals surface area contributed by atoms with Crippen molar-refractivity contribution in [3.05, 3.63) is 11.1 Å². The Kier molecular flexibility index (Phi) is 3.30. The van der Waals surface area contributed by atoms with Crippen LogP contribution in [0.2, 0.25) is 0 Å². The summed E-state index contributed by atoms with van der Waals surface area (Å²) in [5, 5.41) is 8.35. The first-order chi connectivity index (χ1) is 5.30. The minimum Gasteiger partial charge on any atom is -0.478 e. The molecular formula is C7H9F3O2. The molecule has 70 valence electrons. The van der Waals surface area contributed by atoms with Crippen LogP contribution in [0, 0.1) is 0 Å².